The Morgan fingerprint density at radius 1 is 0.650 bits per heavy atom. The van der Waals surface area contributed by atoms with Gasteiger partial charge in [0.15, 0.2) is 11.5 Å². The average Bonchev–Trinajstić information content (AvgIpc) is 2.24. The minimum Gasteiger partial charge on any atom is -0.399 e. The van der Waals surface area contributed by atoms with Crippen molar-refractivity contribution < 1.29 is 13.6 Å². The summed E-state index contributed by atoms with van der Waals surface area (Å²) in [4.78, 5) is 0. The van der Waals surface area contributed by atoms with Gasteiger partial charge < -0.3 is 22.9 Å². The lowest BCUT2D eigenvalue weighted by molar-refractivity contribution is 0.416. The van der Waals surface area contributed by atoms with Crippen LogP contribution in [0.1, 0.15) is 0 Å². The molecule has 0 bridgehead atoms. The zero-order valence-electron chi connectivity index (χ0n) is 10.4. The maximum Gasteiger partial charge on any atom is 0.805 e. The monoisotopic (exact) mass is 293 g/mol. The van der Waals surface area contributed by atoms with Crippen LogP contribution in [0.3, 0.4) is 0 Å². The Balaban J connectivity index is 2.08. The number of nitrogens with two attached hydrogens (primary N) is 4. The van der Waals surface area contributed by atoms with E-state index in [9.17, 15) is 4.57 Å². The maximum atomic E-state index is 11.8. The van der Waals surface area contributed by atoms with Gasteiger partial charge >= 0.3 is 8.25 Å². The van der Waals surface area contributed by atoms with E-state index in [0.29, 0.717) is 22.7 Å². The lowest BCUT2D eigenvalue weighted by Crippen LogP contribution is -1.95. The first-order chi connectivity index (χ1) is 9.42. The summed E-state index contributed by atoms with van der Waals surface area (Å²) < 4.78 is 22.0. The highest BCUT2D eigenvalue weighted by Gasteiger charge is 2.25. The van der Waals surface area contributed by atoms with Crippen LogP contribution in [-0.4, -0.2) is 0 Å². The smallest absolute Gasteiger partial charge is 0.399 e. The van der Waals surface area contributed by atoms with Crippen molar-refractivity contribution in [3.63, 3.8) is 0 Å². The predicted octanol–water partition coefficient (Wildman–Crippen LogP) is 2.13. The van der Waals surface area contributed by atoms with Crippen molar-refractivity contribution in [2.45, 2.75) is 0 Å². The van der Waals surface area contributed by atoms with Crippen LogP contribution < -0.4 is 32.0 Å². The van der Waals surface area contributed by atoms with E-state index >= 15 is 0 Å². The van der Waals surface area contributed by atoms with E-state index in [-0.39, 0.29) is 11.5 Å². The first-order valence-electron chi connectivity index (χ1n) is 5.57. The van der Waals surface area contributed by atoms with Crippen LogP contribution >= 0.6 is 8.25 Å². The van der Waals surface area contributed by atoms with Gasteiger partial charge in [0.05, 0.1) is 0 Å². The lowest BCUT2D eigenvalue weighted by atomic mass is 10.3. The topological polar surface area (TPSA) is 140 Å². The molecule has 0 fully saturated rings. The van der Waals surface area contributed by atoms with Gasteiger partial charge in [0.25, 0.3) is 0 Å². The molecule has 8 heteroatoms. The zero-order valence-corrected chi connectivity index (χ0v) is 11.3. The van der Waals surface area contributed by atoms with Crippen LogP contribution in [0.5, 0.6) is 11.5 Å². The number of hydrogen-bond acceptors (Lipinski definition) is 7. The summed E-state index contributed by atoms with van der Waals surface area (Å²) in [6.45, 7) is 0. The Hall–Kier alpha value is -2.66. The van der Waals surface area contributed by atoms with Crippen LogP contribution in [0.2, 0.25) is 0 Å². The molecular formula is C12H14N4O3P+. The third kappa shape index (κ3) is 3.66. The van der Waals surface area contributed by atoms with Gasteiger partial charge in [-0.15, -0.1) is 0 Å². The first-order valence-corrected chi connectivity index (χ1v) is 6.67. The molecule has 8 N–H and O–H groups in total. The second-order valence-corrected chi connectivity index (χ2v) is 4.89. The van der Waals surface area contributed by atoms with Crippen molar-refractivity contribution in [2.75, 3.05) is 22.9 Å². The molecule has 7 nitrogen and oxygen atoms in total. The Morgan fingerprint density at radius 2 is 0.950 bits per heavy atom. The summed E-state index contributed by atoms with van der Waals surface area (Å²) in [5, 5.41) is 0. The molecular weight excluding hydrogens is 279 g/mol. The van der Waals surface area contributed by atoms with Crippen molar-refractivity contribution >= 4 is 31.0 Å². The SMILES string of the molecule is Nc1cc(N)cc(O[P+](=O)Oc2cc(N)cc(N)c2)c1. The van der Waals surface area contributed by atoms with Gasteiger partial charge in [-0.3, -0.25) is 0 Å². The molecule has 0 unspecified atom stereocenters. The highest BCUT2D eigenvalue weighted by molar-refractivity contribution is 7.34. The van der Waals surface area contributed by atoms with Gasteiger partial charge in [-0.25, -0.2) is 9.05 Å². The molecule has 0 saturated carbocycles. The number of rotatable bonds is 4. The molecule has 0 amide bonds. The average molecular weight is 293 g/mol. The molecule has 0 saturated heterocycles. The summed E-state index contributed by atoms with van der Waals surface area (Å²) in [5.74, 6) is 0.501. The number of nitrogen functional groups attached to an aromatic ring is 4. The molecule has 0 aromatic heterocycles. The normalized spacial score (nSPS) is 10.0. The molecule has 2 aromatic rings. The zero-order chi connectivity index (χ0) is 14.7. The van der Waals surface area contributed by atoms with Crippen molar-refractivity contribution in [1.82, 2.24) is 0 Å². The summed E-state index contributed by atoms with van der Waals surface area (Å²) in [6.07, 6.45) is 0. The van der Waals surface area contributed by atoms with Crippen LogP contribution in [0.25, 0.3) is 0 Å². The summed E-state index contributed by atoms with van der Waals surface area (Å²) in [6, 6.07) is 9.06. The highest BCUT2D eigenvalue weighted by atomic mass is 31.1. The van der Waals surface area contributed by atoms with Crippen molar-refractivity contribution in [3.8, 4) is 11.5 Å². The molecule has 104 valence electrons. The molecule has 0 aliphatic heterocycles. The number of anilines is 4. The van der Waals surface area contributed by atoms with E-state index in [1.807, 2.05) is 0 Å². The van der Waals surface area contributed by atoms with E-state index < -0.39 is 8.25 Å². The van der Waals surface area contributed by atoms with Gasteiger partial charge in [0, 0.05) is 51.6 Å². The van der Waals surface area contributed by atoms with Gasteiger partial charge in [-0.05, 0) is 12.1 Å². The quantitative estimate of drug-likeness (QED) is 0.500. The second-order valence-electron chi connectivity index (χ2n) is 4.08. The maximum absolute atomic E-state index is 11.8. The Kier molecular flexibility index (Phi) is 3.81. The van der Waals surface area contributed by atoms with E-state index in [4.69, 9.17) is 32.0 Å². The van der Waals surface area contributed by atoms with Gasteiger partial charge in [0.1, 0.15) is 0 Å². The third-order valence-corrected chi connectivity index (χ3v) is 2.98. The summed E-state index contributed by atoms with van der Waals surface area (Å²) in [7, 11) is -2.45. The Morgan fingerprint density at radius 3 is 1.25 bits per heavy atom. The molecule has 0 spiro atoms. The number of hydrogen-bond donors (Lipinski definition) is 4. The van der Waals surface area contributed by atoms with Gasteiger partial charge in [-0.2, -0.15) is 0 Å². The molecule has 20 heavy (non-hydrogen) atoms. The van der Waals surface area contributed by atoms with E-state index in [1.165, 1.54) is 24.3 Å². The van der Waals surface area contributed by atoms with Crippen molar-refractivity contribution in [2.24, 2.45) is 0 Å². The van der Waals surface area contributed by atoms with Crippen molar-refractivity contribution in [1.29, 1.82) is 0 Å². The third-order valence-electron chi connectivity index (χ3n) is 2.26. The molecule has 0 atom stereocenters. The Labute approximate surface area is 116 Å². The van der Waals surface area contributed by atoms with Gasteiger partial charge in [-0.1, -0.05) is 0 Å². The fourth-order valence-corrected chi connectivity index (χ4v) is 2.18. The largest absolute Gasteiger partial charge is 0.805 e. The number of benzene rings is 2. The molecule has 2 rings (SSSR count). The summed E-state index contributed by atoms with van der Waals surface area (Å²) >= 11 is 0. The van der Waals surface area contributed by atoms with E-state index in [2.05, 4.69) is 0 Å². The van der Waals surface area contributed by atoms with E-state index in [0.717, 1.165) is 0 Å². The van der Waals surface area contributed by atoms with Gasteiger partial charge in [0.2, 0.25) is 0 Å². The second kappa shape index (κ2) is 5.54. The molecule has 0 radical (unpaired) electrons. The standard InChI is InChI=1S/C12H14N4O3P/c13-7-1-8(14)4-11(3-7)18-20(17)19-12-5-9(15)2-10(16)6-12/h1-6H,13-16H2/q+1. The molecule has 0 aliphatic rings. The lowest BCUT2D eigenvalue weighted by Gasteiger charge is -2.00. The minimum atomic E-state index is -2.45. The van der Waals surface area contributed by atoms with Crippen molar-refractivity contribution in [3.05, 3.63) is 36.4 Å². The van der Waals surface area contributed by atoms with Crippen LogP contribution in [-0.2, 0) is 4.57 Å². The first kappa shape index (κ1) is 13.8. The molecule has 0 aliphatic carbocycles. The molecule has 2 aromatic carbocycles. The Bertz CT molecular complexity index is 567. The minimum absolute atomic E-state index is 0.250. The highest BCUT2D eigenvalue weighted by Crippen LogP contribution is 2.34. The molecule has 0 heterocycles. The fourth-order valence-electron chi connectivity index (χ4n) is 1.59. The van der Waals surface area contributed by atoms with E-state index in [1.54, 1.807) is 12.1 Å². The van der Waals surface area contributed by atoms with Crippen LogP contribution in [0, 0.1) is 0 Å². The van der Waals surface area contributed by atoms with Crippen LogP contribution in [0.15, 0.2) is 36.4 Å². The fraction of sp³-hybridized carbons (Fsp3) is 0. The van der Waals surface area contributed by atoms with Crippen LogP contribution in [0.4, 0.5) is 22.7 Å². The summed E-state index contributed by atoms with van der Waals surface area (Å²) in [5.41, 5.74) is 24.0. The predicted molar refractivity (Wildman–Crippen MR) is 79.4 cm³/mol.